The van der Waals surface area contributed by atoms with Crippen LogP contribution in [0.1, 0.15) is 83.4 Å². The molecular formula is C40H56O4. The van der Waals surface area contributed by atoms with Crippen LogP contribution in [0.25, 0.3) is 0 Å². The minimum absolute atomic E-state index is 0. The van der Waals surface area contributed by atoms with Gasteiger partial charge in [0.15, 0.2) is 0 Å². The Morgan fingerprint density at radius 1 is 0.727 bits per heavy atom. The number of aliphatic carboxylic acids is 1. The zero-order chi connectivity index (χ0) is 33.5. The normalized spacial score (nSPS) is 12.0. The van der Waals surface area contributed by atoms with Crippen molar-refractivity contribution in [2.45, 2.75) is 67.7 Å². The van der Waals surface area contributed by atoms with Crippen molar-refractivity contribution in [3.63, 3.8) is 0 Å². The van der Waals surface area contributed by atoms with E-state index in [2.05, 4.69) is 146 Å². The largest absolute Gasteiger partial charge is 0.478 e. The first-order valence-electron chi connectivity index (χ1n) is 13.3. The van der Waals surface area contributed by atoms with Crippen LogP contribution in [0.4, 0.5) is 0 Å². The van der Waals surface area contributed by atoms with Crippen LogP contribution in [-0.2, 0) is 4.79 Å². The van der Waals surface area contributed by atoms with Crippen molar-refractivity contribution >= 4 is 5.97 Å². The minimum Gasteiger partial charge on any atom is -0.478 e. The first kappa shape index (κ1) is 40.0. The molecule has 0 fully saturated rings. The van der Waals surface area contributed by atoms with Gasteiger partial charge in [-0.25, -0.2) is 4.79 Å². The van der Waals surface area contributed by atoms with E-state index in [0.717, 1.165) is 11.1 Å². The average Bonchev–Trinajstić information content (AvgIpc) is 2.97. The van der Waals surface area contributed by atoms with Gasteiger partial charge in [-0.15, -0.1) is 0 Å². The molecule has 0 saturated heterocycles. The molecule has 1 N–H and O–H groups in total. The first-order chi connectivity index (χ1) is 21.1. The van der Waals surface area contributed by atoms with Crippen LogP contribution in [0.15, 0.2) is 58.7 Å². The highest BCUT2D eigenvalue weighted by atomic mass is 16.7. The second-order valence-electron chi connectivity index (χ2n) is 9.26. The van der Waals surface area contributed by atoms with Crippen molar-refractivity contribution in [1.29, 1.82) is 0 Å². The van der Waals surface area contributed by atoms with Crippen molar-refractivity contribution in [3.05, 3.63) is 68.7 Å². The maximum absolute atomic E-state index is 10.5. The summed E-state index contributed by atoms with van der Waals surface area (Å²) in [5, 5.41) is 8.65. The van der Waals surface area contributed by atoms with E-state index < -0.39 is 5.97 Å². The highest BCUT2D eigenvalue weighted by molar-refractivity contribution is 5.81. The summed E-state index contributed by atoms with van der Waals surface area (Å²) in [5.74, 6) is 44.7. The van der Waals surface area contributed by atoms with Gasteiger partial charge >= 0.3 is 5.97 Å². The number of carboxylic acid groups (broad SMARTS) is 1. The SMILES string of the molecule is CC#CC#CC#CC#CC#CC#CC#CC#CC#CC.CC1=C(/C=C/C(C)=C/C=C/C(C)=C/C(=O)O)C(C)(C)CCC1.O=O.[HH].[HH].[HH].[HH].[HH].[HH].[HH].[HH].[HH].[HH].[HH]. The molecule has 1 rings (SSSR count). The molecule has 44 heavy (non-hydrogen) atoms. The molecule has 4 heteroatoms. The number of allylic oxidation sites excluding steroid dienone is 9. The topological polar surface area (TPSA) is 71.4 Å². The number of hydrogen-bond acceptors (Lipinski definition) is 3. The molecule has 0 unspecified atom stereocenters. The summed E-state index contributed by atoms with van der Waals surface area (Å²) in [5.41, 5.74) is 5.09. The highest BCUT2D eigenvalue weighted by Gasteiger charge is 2.26. The molecule has 0 aromatic heterocycles. The summed E-state index contributed by atoms with van der Waals surface area (Å²) >= 11 is 0. The highest BCUT2D eigenvalue weighted by Crippen LogP contribution is 2.40. The standard InChI is InChI=1S/C20H28O2.C20H6.O2.11H2/c1-15(8-6-9-16(2)14-19(21)22)11-12-18-17(3)10-7-13-20(18,4)5;1-3-5-7-9-11-13-15-17-19-20-18-16-14-12-10-8-6-4-2;1-2;;;;;;;;;;;/h6,8-9,11-12,14H,7,10,13H2,1-5H3,(H,21,22);1-2H3;;11*1H/b9-6+,12-11+,15-8+,16-14+;;;;;;;;;;;;;. The lowest BCUT2D eigenvalue weighted by Gasteiger charge is -2.32. The Morgan fingerprint density at radius 2 is 1.14 bits per heavy atom. The van der Waals surface area contributed by atoms with Gasteiger partial charge in [0.05, 0.1) is 0 Å². The van der Waals surface area contributed by atoms with Crippen molar-refractivity contribution < 1.29 is 25.6 Å². The number of carbonyl (C=O) groups is 1. The van der Waals surface area contributed by atoms with Crippen molar-refractivity contribution in [2.24, 2.45) is 5.41 Å². The number of hydrogen-bond donors (Lipinski definition) is 1. The van der Waals surface area contributed by atoms with Gasteiger partial charge in [0.2, 0.25) is 0 Å². The van der Waals surface area contributed by atoms with Crippen LogP contribution in [0.5, 0.6) is 0 Å². The summed E-state index contributed by atoms with van der Waals surface area (Å²) in [6.45, 7) is 14.1. The average molecular weight is 601 g/mol. The van der Waals surface area contributed by atoms with Gasteiger partial charge in [-0.2, -0.15) is 0 Å². The molecule has 0 saturated carbocycles. The Hall–Kier alpha value is -6.19. The van der Waals surface area contributed by atoms with Crippen LogP contribution in [-0.4, -0.2) is 11.1 Å². The van der Waals surface area contributed by atoms with E-state index in [4.69, 9.17) is 15.0 Å². The van der Waals surface area contributed by atoms with E-state index in [-0.39, 0.29) is 21.1 Å². The summed E-state index contributed by atoms with van der Waals surface area (Å²) < 4.78 is 0. The smallest absolute Gasteiger partial charge is 0.328 e. The lowest BCUT2D eigenvalue weighted by molar-refractivity contribution is -0.131. The number of rotatable bonds is 5. The molecule has 4 nitrogen and oxygen atoms in total. The van der Waals surface area contributed by atoms with Crippen molar-refractivity contribution in [3.8, 4) is 107 Å². The van der Waals surface area contributed by atoms with Gasteiger partial charge in [-0.1, -0.05) is 67.2 Å². The molecule has 0 aromatic rings. The molecule has 0 radical (unpaired) electrons. The Bertz CT molecular complexity index is 1710. The van der Waals surface area contributed by atoms with E-state index in [1.165, 1.54) is 36.5 Å². The third kappa shape index (κ3) is 23.7. The van der Waals surface area contributed by atoms with Gasteiger partial charge in [0.1, 0.15) is 0 Å². The fourth-order valence-corrected chi connectivity index (χ4v) is 3.44. The van der Waals surface area contributed by atoms with Gasteiger partial charge in [-0.05, 0) is 165 Å². The molecule has 0 atom stereocenters. The van der Waals surface area contributed by atoms with E-state index >= 15 is 0 Å². The molecule has 0 amide bonds. The van der Waals surface area contributed by atoms with Crippen LogP contribution in [0.2, 0.25) is 0 Å². The van der Waals surface area contributed by atoms with Gasteiger partial charge in [0.25, 0.3) is 0 Å². The maximum atomic E-state index is 10.5. The van der Waals surface area contributed by atoms with Crippen LogP contribution >= 0.6 is 0 Å². The quantitative estimate of drug-likeness (QED) is 0.194. The van der Waals surface area contributed by atoms with Crippen LogP contribution < -0.4 is 0 Å². The van der Waals surface area contributed by atoms with Crippen molar-refractivity contribution in [2.75, 3.05) is 0 Å². The Kier molecular flexibility index (Phi) is 24.5. The van der Waals surface area contributed by atoms with Gasteiger partial charge in [-0.3, -0.25) is 0 Å². The zero-order valence-corrected chi connectivity index (χ0v) is 26.3. The summed E-state index contributed by atoms with van der Waals surface area (Å²) in [7, 11) is 0. The van der Waals surface area contributed by atoms with E-state index in [1.54, 1.807) is 26.8 Å². The van der Waals surface area contributed by atoms with Crippen LogP contribution in [0.3, 0.4) is 0 Å². The van der Waals surface area contributed by atoms with E-state index in [9.17, 15) is 4.79 Å². The van der Waals surface area contributed by atoms with Crippen molar-refractivity contribution in [1.82, 2.24) is 0 Å². The molecule has 0 heterocycles. The molecule has 1 aliphatic rings. The summed E-state index contributed by atoms with van der Waals surface area (Å²) in [6, 6.07) is 0. The Morgan fingerprint density at radius 3 is 1.50 bits per heavy atom. The molecular weight excluding hydrogens is 544 g/mol. The molecule has 0 spiro atoms. The third-order valence-corrected chi connectivity index (χ3v) is 5.31. The molecule has 0 bridgehead atoms. The minimum atomic E-state index is -0.912. The van der Waals surface area contributed by atoms with Gasteiger partial charge < -0.3 is 5.11 Å². The first-order valence-corrected chi connectivity index (χ1v) is 13.3. The molecule has 1 aliphatic carbocycles. The predicted molar refractivity (Wildman–Crippen MR) is 205 cm³/mol. The summed E-state index contributed by atoms with van der Waals surface area (Å²) in [4.78, 5) is 24.5. The van der Waals surface area contributed by atoms with Crippen LogP contribution in [0, 0.1) is 122 Å². The molecule has 0 aliphatic heterocycles. The fraction of sp³-hybridized carbons (Fsp3) is 0.275. The fourth-order valence-electron chi connectivity index (χ4n) is 3.44. The third-order valence-electron chi connectivity index (χ3n) is 5.31. The Balaban J connectivity index is -0.0000000469. The lowest BCUT2D eigenvalue weighted by atomic mass is 9.72. The second-order valence-corrected chi connectivity index (χ2v) is 9.26. The number of carboxylic acids is 1. The van der Waals surface area contributed by atoms with E-state index in [0.29, 0.717) is 0 Å². The summed E-state index contributed by atoms with van der Waals surface area (Å²) in [6.07, 6.45) is 15.0. The molecule has 240 valence electrons. The predicted octanol–water partition coefficient (Wildman–Crippen LogP) is 9.43. The van der Waals surface area contributed by atoms with E-state index in [1.807, 2.05) is 12.2 Å². The molecule has 0 aromatic carbocycles. The monoisotopic (exact) mass is 600 g/mol. The Labute approximate surface area is 280 Å². The maximum Gasteiger partial charge on any atom is 0.328 e. The second kappa shape index (κ2) is 27.0. The lowest BCUT2D eigenvalue weighted by Crippen LogP contribution is -2.19. The zero-order valence-electron chi connectivity index (χ0n) is 26.3. The van der Waals surface area contributed by atoms with Gasteiger partial charge in [0, 0.05) is 31.7 Å².